The third-order valence-corrected chi connectivity index (χ3v) is 4.08. The lowest BCUT2D eigenvalue weighted by Gasteiger charge is -2.19. The van der Waals surface area contributed by atoms with Gasteiger partial charge in [-0.1, -0.05) is 42.0 Å². The molecule has 0 heterocycles. The number of benzene rings is 2. The number of hydrogen-bond donors (Lipinski definition) is 1. The predicted octanol–water partition coefficient (Wildman–Crippen LogP) is 4.77. The Morgan fingerprint density at radius 1 is 0.900 bits per heavy atom. The highest BCUT2D eigenvalue weighted by Crippen LogP contribution is 2.20. The Balaban J connectivity index is 2.12. The highest BCUT2D eigenvalue weighted by molar-refractivity contribution is 5.37. The maximum atomic E-state index is 3.66. The summed E-state index contributed by atoms with van der Waals surface area (Å²) >= 11 is 0. The quantitative estimate of drug-likeness (QED) is 0.841. The van der Waals surface area contributed by atoms with E-state index in [1.54, 1.807) is 0 Å². The molecule has 0 unspecified atom stereocenters. The smallest absolute Gasteiger partial charge is 0.0297 e. The van der Waals surface area contributed by atoms with E-state index in [9.17, 15) is 0 Å². The molecule has 2 aromatic carbocycles. The Bertz CT molecular complexity index is 575. The minimum Gasteiger partial charge on any atom is -0.306 e. The molecule has 1 heteroatoms. The first-order valence-electron chi connectivity index (χ1n) is 7.34. The summed E-state index contributed by atoms with van der Waals surface area (Å²) in [4.78, 5) is 0. The fraction of sp³-hybridized carbons (Fsp3) is 0.368. The van der Waals surface area contributed by atoms with Crippen LogP contribution < -0.4 is 5.32 Å². The largest absolute Gasteiger partial charge is 0.306 e. The second kappa shape index (κ2) is 6.23. The van der Waals surface area contributed by atoms with Crippen LogP contribution in [0.2, 0.25) is 0 Å². The number of nitrogens with one attached hydrogen (secondary N) is 1. The molecule has 20 heavy (non-hydrogen) atoms. The number of rotatable bonds is 4. The van der Waals surface area contributed by atoms with Crippen molar-refractivity contribution in [3.8, 4) is 0 Å². The number of hydrogen-bond acceptors (Lipinski definition) is 1. The fourth-order valence-corrected chi connectivity index (χ4v) is 2.93. The molecule has 2 rings (SSSR count). The van der Waals surface area contributed by atoms with Crippen molar-refractivity contribution in [3.05, 3.63) is 69.8 Å². The van der Waals surface area contributed by atoms with Crippen molar-refractivity contribution in [1.82, 2.24) is 5.32 Å². The summed E-state index contributed by atoms with van der Waals surface area (Å²) in [6, 6.07) is 13.5. The molecule has 0 amide bonds. The van der Waals surface area contributed by atoms with Crippen LogP contribution in [-0.2, 0) is 6.54 Å². The summed E-state index contributed by atoms with van der Waals surface area (Å²) in [7, 11) is 0. The summed E-state index contributed by atoms with van der Waals surface area (Å²) in [5.41, 5.74) is 8.27. The molecule has 1 nitrogen and oxygen atoms in total. The molecule has 0 bridgehead atoms. The van der Waals surface area contributed by atoms with Crippen LogP contribution in [0.4, 0.5) is 0 Å². The summed E-state index contributed by atoms with van der Waals surface area (Å²) in [5.74, 6) is 0. The Kier molecular flexibility index (Phi) is 4.61. The van der Waals surface area contributed by atoms with E-state index < -0.39 is 0 Å². The predicted molar refractivity (Wildman–Crippen MR) is 87.1 cm³/mol. The number of aryl methyl sites for hydroxylation is 4. The lowest BCUT2D eigenvalue weighted by atomic mass is 9.98. The van der Waals surface area contributed by atoms with Gasteiger partial charge >= 0.3 is 0 Å². The van der Waals surface area contributed by atoms with Crippen LogP contribution in [0.5, 0.6) is 0 Å². The van der Waals surface area contributed by atoms with E-state index in [-0.39, 0.29) is 0 Å². The summed E-state index contributed by atoms with van der Waals surface area (Å²) in [5, 5.41) is 3.66. The Labute approximate surface area is 123 Å². The molecule has 0 aliphatic rings. The van der Waals surface area contributed by atoms with Crippen LogP contribution >= 0.6 is 0 Å². The molecule has 1 atom stereocenters. The van der Waals surface area contributed by atoms with E-state index in [0.717, 1.165) is 6.54 Å². The minimum atomic E-state index is 0.372. The summed E-state index contributed by atoms with van der Waals surface area (Å²) in [6.07, 6.45) is 0. The van der Waals surface area contributed by atoms with Crippen LogP contribution in [0.15, 0.2) is 36.4 Å². The third-order valence-electron chi connectivity index (χ3n) is 4.08. The molecule has 0 spiro atoms. The average Bonchev–Trinajstić information content (AvgIpc) is 2.37. The molecule has 0 aliphatic heterocycles. The van der Waals surface area contributed by atoms with Crippen LogP contribution in [0.1, 0.15) is 46.3 Å². The third kappa shape index (κ3) is 3.29. The van der Waals surface area contributed by atoms with Gasteiger partial charge in [-0.3, -0.25) is 0 Å². The molecule has 2 aromatic rings. The van der Waals surface area contributed by atoms with Crippen molar-refractivity contribution in [2.24, 2.45) is 0 Å². The second-order valence-corrected chi connectivity index (χ2v) is 5.84. The molecular formula is C19H25N. The van der Waals surface area contributed by atoms with Gasteiger partial charge < -0.3 is 5.32 Å². The first-order valence-corrected chi connectivity index (χ1v) is 7.34. The maximum Gasteiger partial charge on any atom is 0.0297 e. The van der Waals surface area contributed by atoms with Gasteiger partial charge in [-0.25, -0.2) is 0 Å². The van der Waals surface area contributed by atoms with Gasteiger partial charge in [-0.05, 0) is 62.4 Å². The monoisotopic (exact) mass is 267 g/mol. The molecule has 0 fully saturated rings. The highest BCUT2D eigenvalue weighted by Gasteiger charge is 2.09. The van der Waals surface area contributed by atoms with Crippen LogP contribution in [0, 0.1) is 27.7 Å². The minimum absolute atomic E-state index is 0.372. The van der Waals surface area contributed by atoms with E-state index >= 15 is 0 Å². The van der Waals surface area contributed by atoms with Crippen LogP contribution in [0.3, 0.4) is 0 Å². The highest BCUT2D eigenvalue weighted by atomic mass is 14.9. The van der Waals surface area contributed by atoms with Crippen molar-refractivity contribution < 1.29 is 0 Å². The standard InChI is InChI=1S/C19H25N/c1-13-10-15(3)19(16(4)11-13)12-20-17(5)18-9-7-6-8-14(18)2/h6-11,17,20H,12H2,1-5H3/t17-/m1/s1. The Morgan fingerprint density at radius 3 is 2.10 bits per heavy atom. The van der Waals surface area contributed by atoms with Crippen LogP contribution in [-0.4, -0.2) is 0 Å². The topological polar surface area (TPSA) is 12.0 Å². The van der Waals surface area contributed by atoms with Gasteiger partial charge in [0, 0.05) is 12.6 Å². The van der Waals surface area contributed by atoms with E-state index in [4.69, 9.17) is 0 Å². The first kappa shape index (κ1) is 14.8. The van der Waals surface area contributed by atoms with Gasteiger partial charge in [0.2, 0.25) is 0 Å². The van der Waals surface area contributed by atoms with E-state index in [1.807, 2.05) is 0 Å². The second-order valence-electron chi connectivity index (χ2n) is 5.84. The molecule has 0 saturated carbocycles. The zero-order valence-electron chi connectivity index (χ0n) is 13.2. The van der Waals surface area contributed by atoms with Gasteiger partial charge in [0.05, 0.1) is 0 Å². The van der Waals surface area contributed by atoms with Crippen molar-refractivity contribution in [3.63, 3.8) is 0 Å². The molecule has 0 saturated heterocycles. The average molecular weight is 267 g/mol. The fourth-order valence-electron chi connectivity index (χ4n) is 2.93. The lowest BCUT2D eigenvalue weighted by molar-refractivity contribution is 0.569. The molecule has 106 valence electrons. The van der Waals surface area contributed by atoms with Gasteiger partial charge in [0.1, 0.15) is 0 Å². The summed E-state index contributed by atoms with van der Waals surface area (Å²) in [6.45, 7) is 11.9. The van der Waals surface area contributed by atoms with Crippen molar-refractivity contribution in [2.45, 2.75) is 47.2 Å². The van der Waals surface area contributed by atoms with Crippen molar-refractivity contribution in [2.75, 3.05) is 0 Å². The van der Waals surface area contributed by atoms with Gasteiger partial charge in [0.25, 0.3) is 0 Å². The van der Waals surface area contributed by atoms with Gasteiger partial charge in [-0.15, -0.1) is 0 Å². The molecule has 1 N–H and O–H groups in total. The molecule has 0 radical (unpaired) electrons. The summed E-state index contributed by atoms with van der Waals surface area (Å²) < 4.78 is 0. The Morgan fingerprint density at radius 2 is 1.50 bits per heavy atom. The van der Waals surface area contributed by atoms with E-state index in [2.05, 4.69) is 76.3 Å². The van der Waals surface area contributed by atoms with E-state index in [1.165, 1.54) is 33.4 Å². The molecule has 0 aromatic heterocycles. The normalized spacial score (nSPS) is 12.4. The lowest BCUT2D eigenvalue weighted by Crippen LogP contribution is -2.20. The SMILES string of the molecule is Cc1cc(C)c(CN[C@H](C)c2ccccc2C)c(C)c1. The first-order chi connectivity index (χ1) is 9.49. The van der Waals surface area contributed by atoms with Crippen molar-refractivity contribution in [1.29, 1.82) is 0 Å². The maximum absolute atomic E-state index is 3.66. The van der Waals surface area contributed by atoms with Gasteiger partial charge in [0.15, 0.2) is 0 Å². The van der Waals surface area contributed by atoms with Gasteiger partial charge in [-0.2, -0.15) is 0 Å². The van der Waals surface area contributed by atoms with Crippen molar-refractivity contribution >= 4 is 0 Å². The van der Waals surface area contributed by atoms with Crippen LogP contribution in [0.25, 0.3) is 0 Å². The zero-order valence-corrected chi connectivity index (χ0v) is 13.2. The molecule has 0 aliphatic carbocycles. The van der Waals surface area contributed by atoms with E-state index in [0.29, 0.717) is 6.04 Å². The molecular weight excluding hydrogens is 242 g/mol. The zero-order chi connectivity index (χ0) is 14.7. The Hall–Kier alpha value is -1.60.